The van der Waals surface area contributed by atoms with Gasteiger partial charge in [-0.05, 0) is 38.0 Å². The van der Waals surface area contributed by atoms with Crippen LogP contribution in [0.5, 0.6) is 5.75 Å². The van der Waals surface area contributed by atoms with E-state index in [-0.39, 0.29) is 4.75 Å². The SMILES string of the molecule is CN=C(NCCCOCc1ccc(OC)cc1)N1CCSC(C)(C)C1. The van der Waals surface area contributed by atoms with Crippen LogP contribution in [0, 0.1) is 0 Å². The molecule has 1 fully saturated rings. The Labute approximate surface area is 156 Å². The largest absolute Gasteiger partial charge is 0.497 e. The summed E-state index contributed by atoms with van der Waals surface area (Å²) in [6.07, 6.45) is 0.959. The fraction of sp³-hybridized carbons (Fsp3) is 0.632. The maximum atomic E-state index is 5.75. The summed E-state index contributed by atoms with van der Waals surface area (Å²) >= 11 is 2.03. The van der Waals surface area contributed by atoms with Gasteiger partial charge in [-0.1, -0.05) is 12.1 Å². The summed E-state index contributed by atoms with van der Waals surface area (Å²) in [5.74, 6) is 3.03. The van der Waals surface area contributed by atoms with Crippen LogP contribution < -0.4 is 10.1 Å². The number of nitrogens with zero attached hydrogens (tertiary/aromatic N) is 2. The molecular weight excluding hydrogens is 334 g/mol. The van der Waals surface area contributed by atoms with Gasteiger partial charge in [-0.3, -0.25) is 4.99 Å². The highest BCUT2D eigenvalue weighted by Crippen LogP contribution is 2.29. The summed E-state index contributed by atoms with van der Waals surface area (Å²) in [4.78, 5) is 6.78. The van der Waals surface area contributed by atoms with Crippen LogP contribution >= 0.6 is 11.8 Å². The molecule has 0 aromatic heterocycles. The van der Waals surface area contributed by atoms with Gasteiger partial charge in [0.25, 0.3) is 0 Å². The molecule has 1 aliphatic heterocycles. The molecule has 0 atom stereocenters. The number of methoxy groups -OCH3 is 1. The molecule has 0 saturated carbocycles. The third-order valence-corrected chi connectivity index (χ3v) is 5.41. The van der Waals surface area contributed by atoms with Gasteiger partial charge in [0.1, 0.15) is 5.75 Å². The molecule has 0 amide bonds. The van der Waals surface area contributed by atoms with Gasteiger partial charge in [-0.25, -0.2) is 0 Å². The number of hydrogen-bond acceptors (Lipinski definition) is 4. The van der Waals surface area contributed by atoms with Gasteiger partial charge in [0, 0.05) is 43.8 Å². The highest BCUT2D eigenvalue weighted by Gasteiger charge is 2.28. The van der Waals surface area contributed by atoms with Crippen molar-refractivity contribution >= 4 is 17.7 Å². The summed E-state index contributed by atoms with van der Waals surface area (Å²) in [7, 11) is 3.54. The molecule has 2 rings (SSSR count). The second kappa shape index (κ2) is 9.92. The Morgan fingerprint density at radius 2 is 2.08 bits per heavy atom. The molecule has 0 bridgehead atoms. The van der Waals surface area contributed by atoms with Gasteiger partial charge in [0.05, 0.1) is 13.7 Å². The number of nitrogens with one attached hydrogen (secondary N) is 1. The van der Waals surface area contributed by atoms with E-state index >= 15 is 0 Å². The molecule has 1 aromatic rings. The smallest absolute Gasteiger partial charge is 0.193 e. The average Bonchev–Trinajstić information content (AvgIpc) is 2.61. The lowest BCUT2D eigenvalue weighted by molar-refractivity contribution is 0.119. The molecule has 0 radical (unpaired) electrons. The van der Waals surface area contributed by atoms with Gasteiger partial charge in [0.15, 0.2) is 5.96 Å². The Morgan fingerprint density at radius 3 is 2.72 bits per heavy atom. The predicted octanol–water partition coefficient (Wildman–Crippen LogP) is 3.00. The summed E-state index contributed by atoms with van der Waals surface area (Å²) in [5.41, 5.74) is 1.16. The number of guanidine groups is 1. The van der Waals surface area contributed by atoms with Crippen molar-refractivity contribution in [2.24, 2.45) is 4.99 Å². The van der Waals surface area contributed by atoms with Crippen LogP contribution in [-0.2, 0) is 11.3 Å². The van der Waals surface area contributed by atoms with E-state index in [1.54, 1.807) is 7.11 Å². The molecule has 0 unspecified atom stereocenters. The van der Waals surface area contributed by atoms with Crippen molar-refractivity contribution < 1.29 is 9.47 Å². The molecule has 1 aromatic carbocycles. The van der Waals surface area contributed by atoms with E-state index < -0.39 is 0 Å². The lowest BCUT2D eigenvalue weighted by Crippen LogP contribution is -2.51. The number of benzene rings is 1. The first-order chi connectivity index (χ1) is 12.0. The van der Waals surface area contributed by atoms with Crippen molar-refractivity contribution in [1.29, 1.82) is 0 Å². The number of thioether (sulfide) groups is 1. The molecular formula is C19H31N3O2S. The van der Waals surface area contributed by atoms with E-state index in [9.17, 15) is 0 Å². The molecule has 140 valence electrons. The Morgan fingerprint density at radius 1 is 1.32 bits per heavy atom. The van der Waals surface area contributed by atoms with Crippen molar-refractivity contribution in [3.05, 3.63) is 29.8 Å². The monoisotopic (exact) mass is 365 g/mol. The third-order valence-electron chi connectivity index (χ3n) is 4.11. The van der Waals surface area contributed by atoms with Crippen LogP contribution in [0.4, 0.5) is 0 Å². The van der Waals surface area contributed by atoms with Gasteiger partial charge in [-0.2, -0.15) is 11.8 Å². The summed E-state index contributed by atoms with van der Waals surface area (Å²) in [6, 6.07) is 8.00. The van der Waals surface area contributed by atoms with Crippen molar-refractivity contribution in [3.63, 3.8) is 0 Å². The van der Waals surface area contributed by atoms with Crippen molar-refractivity contribution in [3.8, 4) is 5.75 Å². The maximum Gasteiger partial charge on any atom is 0.193 e. The standard InChI is InChI=1S/C19H31N3O2S/c1-19(2)15-22(11-13-25-19)18(20-3)21-10-5-12-24-14-16-6-8-17(23-4)9-7-16/h6-9H,5,10-15H2,1-4H3,(H,20,21). The molecule has 0 aliphatic carbocycles. The zero-order chi connectivity index (χ0) is 18.1. The lowest BCUT2D eigenvalue weighted by Gasteiger charge is -2.39. The van der Waals surface area contributed by atoms with E-state index in [2.05, 4.69) is 29.1 Å². The Kier molecular flexibility index (Phi) is 7.90. The zero-order valence-electron chi connectivity index (χ0n) is 15.9. The lowest BCUT2D eigenvalue weighted by atomic mass is 10.2. The molecule has 1 heterocycles. The van der Waals surface area contributed by atoms with Crippen LogP contribution in [0.1, 0.15) is 25.8 Å². The number of rotatable bonds is 7. The summed E-state index contributed by atoms with van der Waals surface area (Å²) in [5, 5.41) is 3.46. The highest BCUT2D eigenvalue weighted by atomic mass is 32.2. The Balaban J connectivity index is 1.62. The molecule has 1 N–H and O–H groups in total. The number of aliphatic imine (C=N–C) groups is 1. The molecule has 1 saturated heterocycles. The van der Waals surface area contributed by atoms with E-state index in [0.29, 0.717) is 6.61 Å². The second-order valence-corrected chi connectivity index (χ2v) is 8.56. The average molecular weight is 366 g/mol. The van der Waals surface area contributed by atoms with Crippen LogP contribution in [0.3, 0.4) is 0 Å². The predicted molar refractivity (Wildman–Crippen MR) is 107 cm³/mol. The Bertz CT molecular complexity index is 546. The van der Waals surface area contributed by atoms with Gasteiger partial charge >= 0.3 is 0 Å². The first-order valence-electron chi connectivity index (χ1n) is 8.84. The molecule has 0 spiro atoms. The van der Waals surface area contributed by atoms with Crippen molar-refractivity contribution in [2.75, 3.05) is 46.2 Å². The van der Waals surface area contributed by atoms with Crippen LogP contribution in [-0.4, -0.2) is 61.8 Å². The van der Waals surface area contributed by atoms with Gasteiger partial charge in [0.2, 0.25) is 0 Å². The fourth-order valence-corrected chi connectivity index (χ4v) is 3.93. The zero-order valence-corrected chi connectivity index (χ0v) is 16.7. The third kappa shape index (κ3) is 6.78. The van der Waals surface area contributed by atoms with Crippen LogP contribution in [0.2, 0.25) is 0 Å². The van der Waals surface area contributed by atoms with Gasteiger partial charge < -0.3 is 19.7 Å². The topological polar surface area (TPSA) is 46.1 Å². The minimum Gasteiger partial charge on any atom is -0.497 e. The molecule has 6 heteroatoms. The van der Waals surface area contributed by atoms with E-state index in [1.807, 2.05) is 43.1 Å². The number of hydrogen-bond donors (Lipinski definition) is 1. The van der Waals surface area contributed by atoms with E-state index in [4.69, 9.17) is 9.47 Å². The Hall–Kier alpha value is -1.40. The molecule has 5 nitrogen and oxygen atoms in total. The normalized spacial score (nSPS) is 17.4. The summed E-state index contributed by atoms with van der Waals surface area (Å²) in [6.45, 7) is 8.92. The maximum absolute atomic E-state index is 5.75. The molecule has 1 aliphatic rings. The van der Waals surface area contributed by atoms with E-state index in [1.165, 1.54) is 0 Å². The highest BCUT2D eigenvalue weighted by molar-refractivity contribution is 8.00. The summed E-state index contributed by atoms with van der Waals surface area (Å²) < 4.78 is 11.2. The van der Waals surface area contributed by atoms with E-state index in [0.717, 1.165) is 55.7 Å². The van der Waals surface area contributed by atoms with Crippen LogP contribution in [0.25, 0.3) is 0 Å². The van der Waals surface area contributed by atoms with Crippen LogP contribution in [0.15, 0.2) is 29.3 Å². The first kappa shape index (κ1) is 19.9. The van der Waals surface area contributed by atoms with Gasteiger partial charge in [-0.15, -0.1) is 0 Å². The van der Waals surface area contributed by atoms with Crippen molar-refractivity contribution in [2.45, 2.75) is 31.6 Å². The fourth-order valence-electron chi connectivity index (χ4n) is 2.82. The second-order valence-electron chi connectivity index (χ2n) is 6.76. The quantitative estimate of drug-likeness (QED) is 0.457. The minimum absolute atomic E-state index is 0.289. The minimum atomic E-state index is 0.289. The van der Waals surface area contributed by atoms with Crippen molar-refractivity contribution in [1.82, 2.24) is 10.2 Å². The number of ether oxygens (including phenoxy) is 2. The first-order valence-corrected chi connectivity index (χ1v) is 9.83. The molecule has 25 heavy (non-hydrogen) atoms.